The molecule has 0 saturated heterocycles. The van der Waals surface area contributed by atoms with Crippen molar-refractivity contribution in [3.63, 3.8) is 0 Å². The second-order valence-corrected chi connectivity index (χ2v) is 10.6. The van der Waals surface area contributed by atoms with Crippen LogP contribution in [0.25, 0.3) is 0 Å². The molecule has 0 amide bonds. The molecule has 0 fully saturated rings. The topological polar surface area (TPSA) is 24.5 Å². The Morgan fingerprint density at radius 2 is 1.63 bits per heavy atom. The third-order valence-corrected chi connectivity index (χ3v) is 7.71. The zero-order valence-corrected chi connectivity index (χ0v) is 27.4. The number of fused-ring (bicyclic) bond motifs is 1. The highest BCUT2D eigenvalue weighted by Crippen LogP contribution is 2.33. The maximum atomic E-state index is 6.63. The molecule has 0 saturated carbocycles. The van der Waals surface area contributed by atoms with E-state index < -0.39 is 0 Å². The van der Waals surface area contributed by atoms with Gasteiger partial charge in [-0.25, -0.2) is 0 Å². The minimum atomic E-state index is 0.484. The first-order valence-corrected chi connectivity index (χ1v) is 16.1. The second kappa shape index (κ2) is 19.5. The third kappa shape index (κ3) is 11.3. The van der Waals surface area contributed by atoms with Gasteiger partial charge in [0.25, 0.3) is 0 Å². The number of halogens is 1. The lowest BCUT2D eigenvalue weighted by Gasteiger charge is -2.26. The summed E-state index contributed by atoms with van der Waals surface area (Å²) in [5, 5.41) is 4.34. The molecule has 3 aromatic carbocycles. The fourth-order valence-electron chi connectivity index (χ4n) is 5.15. The van der Waals surface area contributed by atoms with Gasteiger partial charge in [-0.05, 0) is 92.1 Å². The van der Waals surface area contributed by atoms with Gasteiger partial charge in [-0.15, -0.1) is 0 Å². The maximum absolute atomic E-state index is 6.63. The van der Waals surface area contributed by atoms with Crippen LogP contribution < -0.4 is 10.1 Å². The van der Waals surface area contributed by atoms with Gasteiger partial charge >= 0.3 is 0 Å². The standard InChI is InChI=1S/C33H41ClN2O.2C2H6/c1-4-5-11-25(2)37-33-22-30-20-31(36(3)19-18-28(30)21-32(33)34)17-16-27-14-9-10-15-29(27)24-35-23-26-12-7-6-8-13-26;2*1-2/h6-15,21-22,31,35H,4-5,16-20,23-24H2,1-3H3;2*1-2H3/b25-11+;;. The van der Waals surface area contributed by atoms with Gasteiger partial charge in [0.1, 0.15) is 5.75 Å². The normalized spacial score (nSPS) is 15.0. The van der Waals surface area contributed by atoms with Crippen molar-refractivity contribution in [3.8, 4) is 5.75 Å². The lowest BCUT2D eigenvalue weighted by atomic mass is 9.94. The van der Waals surface area contributed by atoms with Gasteiger partial charge in [-0.2, -0.15) is 0 Å². The molecule has 1 atom stereocenters. The third-order valence-electron chi connectivity index (χ3n) is 7.41. The monoisotopic (exact) mass is 576 g/mol. The molecule has 0 aromatic heterocycles. The molecule has 0 aliphatic carbocycles. The van der Waals surface area contributed by atoms with E-state index in [9.17, 15) is 0 Å². The average Bonchev–Trinajstić information content (AvgIpc) is 3.16. The van der Waals surface area contributed by atoms with Crippen molar-refractivity contribution in [1.29, 1.82) is 0 Å². The molecule has 4 heteroatoms. The number of benzene rings is 3. The van der Waals surface area contributed by atoms with Crippen molar-refractivity contribution in [2.24, 2.45) is 0 Å². The van der Waals surface area contributed by atoms with Crippen LogP contribution in [0.1, 0.15) is 88.6 Å². The molecular formula is C37H53ClN2O. The molecule has 224 valence electrons. The van der Waals surface area contributed by atoms with E-state index >= 15 is 0 Å². The molecule has 1 aliphatic heterocycles. The lowest BCUT2D eigenvalue weighted by molar-refractivity contribution is 0.238. The first-order chi connectivity index (χ1) is 20.0. The minimum Gasteiger partial charge on any atom is -0.461 e. The predicted octanol–water partition coefficient (Wildman–Crippen LogP) is 9.80. The SMILES string of the molecule is CC.CC.CCC/C=C(\C)Oc1cc2c(cc1Cl)CCN(C)C(CCc1ccccc1CNCc1ccccc1)C2. The summed E-state index contributed by atoms with van der Waals surface area (Å²) in [4.78, 5) is 2.52. The number of hydrogen-bond donors (Lipinski definition) is 1. The van der Waals surface area contributed by atoms with Crippen LogP contribution in [0.5, 0.6) is 5.75 Å². The van der Waals surface area contributed by atoms with E-state index in [0.717, 1.165) is 69.7 Å². The van der Waals surface area contributed by atoms with Crippen molar-refractivity contribution in [3.05, 3.63) is 111 Å². The van der Waals surface area contributed by atoms with Crippen LogP contribution in [-0.4, -0.2) is 24.5 Å². The van der Waals surface area contributed by atoms with Crippen LogP contribution in [0.3, 0.4) is 0 Å². The fraction of sp³-hybridized carbons (Fsp3) is 0.459. The highest BCUT2D eigenvalue weighted by Gasteiger charge is 2.23. The van der Waals surface area contributed by atoms with E-state index in [2.05, 4.69) is 97.0 Å². The Labute approximate surface area is 256 Å². The number of ether oxygens (including phenoxy) is 1. The number of likely N-dealkylation sites (N-methyl/N-ethyl adjacent to an activating group) is 1. The Kier molecular flexibility index (Phi) is 16.5. The van der Waals surface area contributed by atoms with Crippen molar-refractivity contribution >= 4 is 11.6 Å². The summed E-state index contributed by atoms with van der Waals surface area (Å²) >= 11 is 6.63. The number of unbranched alkanes of at least 4 members (excludes halogenated alkanes) is 1. The van der Waals surface area contributed by atoms with Gasteiger partial charge in [-0.1, -0.05) is 107 Å². The molecule has 0 radical (unpaired) electrons. The number of aryl methyl sites for hydroxylation is 1. The van der Waals surface area contributed by atoms with Gasteiger partial charge in [0, 0.05) is 25.7 Å². The van der Waals surface area contributed by atoms with Gasteiger partial charge in [0.05, 0.1) is 10.8 Å². The van der Waals surface area contributed by atoms with Crippen LogP contribution in [0.4, 0.5) is 0 Å². The summed E-state index contributed by atoms with van der Waals surface area (Å²) in [5.41, 5.74) is 6.88. The highest BCUT2D eigenvalue weighted by molar-refractivity contribution is 6.32. The molecule has 1 N–H and O–H groups in total. The highest BCUT2D eigenvalue weighted by atomic mass is 35.5. The summed E-state index contributed by atoms with van der Waals surface area (Å²) in [6.45, 7) is 15.0. The lowest BCUT2D eigenvalue weighted by Crippen LogP contribution is -2.33. The number of nitrogens with zero attached hydrogens (tertiary/aromatic N) is 1. The maximum Gasteiger partial charge on any atom is 0.145 e. The van der Waals surface area contributed by atoms with E-state index in [0.29, 0.717) is 11.1 Å². The molecule has 4 rings (SSSR count). The fourth-order valence-corrected chi connectivity index (χ4v) is 5.37. The molecule has 0 bridgehead atoms. The van der Waals surface area contributed by atoms with Crippen LogP contribution in [0.15, 0.2) is 78.6 Å². The summed E-state index contributed by atoms with van der Waals surface area (Å²) in [7, 11) is 2.26. The van der Waals surface area contributed by atoms with E-state index in [1.165, 1.54) is 27.8 Å². The van der Waals surface area contributed by atoms with E-state index in [4.69, 9.17) is 16.3 Å². The van der Waals surface area contributed by atoms with Gasteiger partial charge in [0.15, 0.2) is 0 Å². The molecule has 1 heterocycles. The summed E-state index contributed by atoms with van der Waals surface area (Å²) in [5.74, 6) is 1.70. The van der Waals surface area contributed by atoms with Crippen molar-refractivity contribution < 1.29 is 4.74 Å². The summed E-state index contributed by atoms with van der Waals surface area (Å²) in [6.07, 6.45) is 8.51. The Balaban J connectivity index is 0.00000141. The Hall–Kier alpha value is -2.59. The molecule has 3 nitrogen and oxygen atoms in total. The Morgan fingerprint density at radius 1 is 0.951 bits per heavy atom. The molecule has 41 heavy (non-hydrogen) atoms. The summed E-state index contributed by atoms with van der Waals surface area (Å²) < 4.78 is 6.14. The van der Waals surface area contributed by atoms with Crippen LogP contribution in [0, 0.1) is 0 Å². The average molecular weight is 577 g/mol. The van der Waals surface area contributed by atoms with Gasteiger partial charge in [-0.3, -0.25) is 0 Å². The van der Waals surface area contributed by atoms with Crippen LogP contribution in [-0.2, 0) is 32.4 Å². The number of rotatable bonds is 11. The largest absolute Gasteiger partial charge is 0.461 e. The van der Waals surface area contributed by atoms with E-state index in [1.54, 1.807) is 0 Å². The van der Waals surface area contributed by atoms with Crippen molar-refractivity contribution in [2.45, 2.75) is 99.2 Å². The zero-order valence-electron chi connectivity index (χ0n) is 26.6. The second-order valence-electron chi connectivity index (χ2n) is 10.2. The van der Waals surface area contributed by atoms with E-state index in [1.807, 2.05) is 34.6 Å². The van der Waals surface area contributed by atoms with Gasteiger partial charge < -0.3 is 15.0 Å². The Bertz CT molecular complexity index is 1170. The smallest absolute Gasteiger partial charge is 0.145 e. The molecular weight excluding hydrogens is 524 g/mol. The molecule has 1 aliphatic rings. The quantitative estimate of drug-likeness (QED) is 0.230. The minimum absolute atomic E-state index is 0.484. The molecule has 1 unspecified atom stereocenters. The predicted molar refractivity (Wildman–Crippen MR) is 179 cm³/mol. The first kappa shape index (κ1) is 34.6. The summed E-state index contributed by atoms with van der Waals surface area (Å²) in [6, 6.07) is 24.3. The number of nitrogens with one attached hydrogen (secondary N) is 1. The zero-order chi connectivity index (χ0) is 30.0. The number of allylic oxidation sites excluding steroid dienone is 2. The van der Waals surface area contributed by atoms with Crippen LogP contribution in [0.2, 0.25) is 5.02 Å². The van der Waals surface area contributed by atoms with Crippen LogP contribution >= 0.6 is 11.6 Å². The number of hydrogen-bond acceptors (Lipinski definition) is 3. The van der Waals surface area contributed by atoms with E-state index in [-0.39, 0.29) is 0 Å². The molecule has 0 spiro atoms. The Morgan fingerprint density at radius 3 is 2.34 bits per heavy atom. The first-order valence-electron chi connectivity index (χ1n) is 15.7. The van der Waals surface area contributed by atoms with Gasteiger partial charge in [0.2, 0.25) is 0 Å². The van der Waals surface area contributed by atoms with Crippen molar-refractivity contribution in [2.75, 3.05) is 13.6 Å². The molecule has 3 aromatic rings. The van der Waals surface area contributed by atoms with Crippen molar-refractivity contribution in [1.82, 2.24) is 10.2 Å².